The van der Waals surface area contributed by atoms with Crippen LogP contribution in [0.5, 0.6) is 0 Å². The molecule has 0 bridgehead atoms. The van der Waals surface area contributed by atoms with Crippen molar-refractivity contribution in [2.24, 2.45) is 0 Å². The second-order valence-electron chi connectivity index (χ2n) is 3.75. The predicted octanol–water partition coefficient (Wildman–Crippen LogP) is 2.78. The van der Waals surface area contributed by atoms with Gasteiger partial charge in [0, 0.05) is 11.1 Å². The van der Waals surface area contributed by atoms with Crippen LogP contribution in [0.3, 0.4) is 0 Å². The average molecular weight is 240 g/mol. The molecule has 0 amide bonds. The first-order valence-corrected chi connectivity index (χ1v) is 5.56. The molecule has 0 aliphatic rings. The van der Waals surface area contributed by atoms with Crippen LogP contribution < -0.4 is 0 Å². The maximum absolute atomic E-state index is 12.3. The minimum Gasteiger partial charge on any atom is -0.451 e. The SMILES string of the molecule is O=CO[C@@H](C(=O)c1ccccc1)c1ccccc1. The van der Waals surface area contributed by atoms with Gasteiger partial charge in [0.15, 0.2) is 6.10 Å². The van der Waals surface area contributed by atoms with Gasteiger partial charge in [-0.1, -0.05) is 60.7 Å². The van der Waals surface area contributed by atoms with Crippen LogP contribution in [0.2, 0.25) is 0 Å². The van der Waals surface area contributed by atoms with Crippen molar-refractivity contribution in [2.75, 3.05) is 0 Å². The zero-order valence-corrected chi connectivity index (χ0v) is 9.65. The standard InChI is InChI=1S/C15H12O3/c16-11-18-15(13-9-5-2-6-10-13)14(17)12-7-3-1-4-8-12/h1-11,15H/t15-/m1/s1. The van der Waals surface area contributed by atoms with E-state index in [4.69, 9.17) is 4.74 Å². The Hall–Kier alpha value is -2.42. The molecule has 2 aromatic rings. The fourth-order valence-electron chi connectivity index (χ4n) is 1.73. The van der Waals surface area contributed by atoms with Gasteiger partial charge in [0.1, 0.15) is 0 Å². The van der Waals surface area contributed by atoms with Crippen LogP contribution in [0.4, 0.5) is 0 Å². The van der Waals surface area contributed by atoms with Crippen LogP contribution in [-0.2, 0) is 9.53 Å². The smallest absolute Gasteiger partial charge is 0.294 e. The molecule has 0 aliphatic carbocycles. The molecule has 0 radical (unpaired) electrons. The van der Waals surface area contributed by atoms with Gasteiger partial charge in [-0.3, -0.25) is 9.59 Å². The quantitative estimate of drug-likeness (QED) is 0.596. The van der Waals surface area contributed by atoms with Crippen molar-refractivity contribution in [3.05, 3.63) is 71.8 Å². The largest absolute Gasteiger partial charge is 0.451 e. The van der Waals surface area contributed by atoms with Gasteiger partial charge < -0.3 is 4.74 Å². The highest BCUT2D eigenvalue weighted by molar-refractivity contribution is 6.00. The first kappa shape index (κ1) is 12.0. The highest BCUT2D eigenvalue weighted by atomic mass is 16.5. The molecule has 0 unspecified atom stereocenters. The zero-order chi connectivity index (χ0) is 12.8. The van der Waals surface area contributed by atoms with Crippen molar-refractivity contribution in [3.63, 3.8) is 0 Å². The van der Waals surface area contributed by atoms with E-state index in [1.165, 1.54) is 0 Å². The summed E-state index contributed by atoms with van der Waals surface area (Å²) in [6, 6.07) is 17.7. The second-order valence-corrected chi connectivity index (χ2v) is 3.75. The lowest BCUT2D eigenvalue weighted by Crippen LogP contribution is -2.15. The molecule has 0 saturated carbocycles. The van der Waals surface area contributed by atoms with Gasteiger partial charge in [-0.15, -0.1) is 0 Å². The van der Waals surface area contributed by atoms with E-state index in [0.717, 1.165) is 0 Å². The van der Waals surface area contributed by atoms with Crippen LogP contribution >= 0.6 is 0 Å². The first-order valence-electron chi connectivity index (χ1n) is 5.56. The summed E-state index contributed by atoms with van der Waals surface area (Å²) in [5.74, 6) is -0.228. The lowest BCUT2D eigenvalue weighted by molar-refractivity contribution is -0.132. The minimum atomic E-state index is -0.883. The monoisotopic (exact) mass is 240 g/mol. The molecule has 0 aliphatic heterocycles. The predicted molar refractivity (Wildman–Crippen MR) is 67.1 cm³/mol. The van der Waals surface area contributed by atoms with E-state index in [1.54, 1.807) is 48.5 Å². The summed E-state index contributed by atoms with van der Waals surface area (Å²) in [5, 5.41) is 0. The van der Waals surface area contributed by atoms with E-state index < -0.39 is 6.10 Å². The van der Waals surface area contributed by atoms with E-state index >= 15 is 0 Å². The van der Waals surface area contributed by atoms with Crippen LogP contribution in [0.25, 0.3) is 0 Å². The van der Waals surface area contributed by atoms with Crippen LogP contribution in [-0.4, -0.2) is 12.3 Å². The molecular weight excluding hydrogens is 228 g/mol. The molecule has 0 N–H and O–H groups in total. The molecule has 1 atom stereocenters. The number of hydrogen-bond acceptors (Lipinski definition) is 3. The summed E-state index contributed by atoms with van der Waals surface area (Å²) < 4.78 is 4.91. The third-order valence-corrected chi connectivity index (χ3v) is 2.59. The fraction of sp³-hybridized carbons (Fsp3) is 0.0667. The second kappa shape index (κ2) is 5.77. The molecule has 0 heterocycles. The third kappa shape index (κ3) is 2.63. The lowest BCUT2D eigenvalue weighted by atomic mass is 10.00. The van der Waals surface area contributed by atoms with Gasteiger partial charge in [-0.05, 0) is 0 Å². The number of carbonyl (C=O) groups is 2. The van der Waals surface area contributed by atoms with Crippen molar-refractivity contribution in [3.8, 4) is 0 Å². The third-order valence-electron chi connectivity index (χ3n) is 2.59. The van der Waals surface area contributed by atoms with Gasteiger partial charge in [0.2, 0.25) is 5.78 Å². The molecular formula is C15H12O3. The fourth-order valence-corrected chi connectivity index (χ4v) is 1.73. The summed E-state index contributed by atoms with van der Waals surface area (Å²) in [6.07, 6.45) is -0.883. The highest BCUT2D eigenvalue weighted by Gasteiger charge is 2.22. The molecule has 3 heteroatoms. The van der Waals surface area contributed by atoms with Crippen molar-refractivity contribution in [1.29, 1.82) is 0 Å². The molecule has 0 spiro atoms. The number of carbonyl (C=O) groups excluding carboxylic acids is 2. The maximum Gasteiger partial charge on any atom is 0.294 e. The van der Waals surface area contributed by atoms with Crippen molar-refractivity contribution < 1.29 is 14.3 Å². The summed E-state index contributed by atoms with van der Waals surface area (Å²) in [7, 11) is 0. The van der Waals surface area contributed by atoms with Crippen molar-refractivity contribution in [2.45, 2.75) is 6.10 Å². The van der Waals surface area contributed by atoms with Crippen LogP contribution in [0.1, 0.15) is 22.0 Å². The number of rotatable bonds is 5. The maximum atomic E-state index is 12.3. The van der Waals surface area contributed by atoms with E-state index in [9.17, 15) is 9.59 Å². The van der Waals surface area contributed by atoms with Gasteiger partial charge >= 0.3 is 0 Å². The Morgan fingerprint density at radius 3 is 2.06 bits per heavy atom. The van der Waals surface area contributed by atoms with E-state index in [0.29, 0.717) is 17.6 Å². The molecule has 2 rings (SSSR count). The first-order chi connectivity index (χ1) is 8.83. The Bertz CT molecular complexity index is 520. The molecule has 3 nitrogen and oxygen atoms in total. The minimum absolute atomic E-state index is 0.228. The van der Waals surface area contributed by atoms with Gasteiger partial charge in [0.05, 0.1) is 0 Å². The van der Waals surface area contributed by atoms with E-state index in [2.05, 4.69) is 0 Å². The number of benzene rings is 2. The Kier molecular flexibility index (Phi) is 3.86. The molecule has 0 fully saturated rings. The lowest BCUT2D eigenvalue weighted by Gasteiger charge is -2.14. The summed E-state index contributed by atoms with van der Waals surface area (Å²) in [5.41, 5.74) is 1.19. The van der Waals surface area contributed by atoms with E-state index in [1.807, 2.05) is 12.1 Å². The Balaban J connectivity index is 2.32. The van der Waals surface area contributed by atoms with Crippen LogP contribution in [0, 0.1) is 0 Å². The molecule has 18 heavy (non-hydrogen) atoms. The molecule has 0 saturated heterocycles. The number of ketones is 1. The van der Waals surface area contributed by atoms with E-state index in [-0.39, 0.29) is 5.78 Å². The van der Waals surface area contributed by atoms with Gasteiger partial charge in [-0.2, -0.15) is 0 Å². The van der Waals surface area contributed by atoms with Crippen LogP contribution in [0.15, 0.2) is 60.7 Å². The Labute approximate surface area is 105 Å². The number of hydrogen-bond donors (Lipinski definition) is 0. The summed E-state index contributed by atoms with van der Waals surface area (Å²) >= 11 is 0. The normalized spacial score (nSPS) is 11.6. The Morgan fingerprint density at radius 2 is 1.50 bits per heavy atom. The molecule has 90 valence electrons. The van der Waals surface area contributed by atoms with Gasteiger partial charge in [-0.25, -0.2) is 0 Å². The Morgan fingerprint density at radius 1 is 0.944 bits per heavy atom. The highest BCUT2D eigenvalue weighted by Crippen LogP contribution is 2.21. The van der Waals surface area contributed by atoms with Gasteiger partial charge in [0.25, 0.3) is 6.47 Å². The number of ether oxygens (including phenoxy) is 1. The average Bonchev–Trinajstić information content (AvgIpc) is 2.46. The zero-order valence-electron chi connectivity index (χ0n) is 9.65. The van der Waals surface area contributed by atoms with Crippen molar-refractivity contribution in [1.82, 2.24) is 0 Å². The van der Waals surface area contributed by atoms with Crippen molar-refractivity contribution >= 4 is 12.3 Å². The summed E-state index contributed by atoms with van der Waals surface area (Å²) in [6.45, 7) is 0.304. The number of Topliss-reactive ketones (excluding diaryl/α,β-unsaturated/α-hetero) is 1. The molecule has 2 aromatic carbocycles. The summed E-state index contributed by atoms with van der Waals surface area (Å²) in [4.78, 5) is 22.8. The topological polar surface area (TPSA) is 43.4 Å². The molecule has 0 aromatic heterocycles.